The van der Waals surface area contributed by atoms with Gasteiger partial charge in [-0.1, -0.05) is 60.7 Å². The van der Waals surface area contributed by atoms with Gasteiger partial charge in [0.25, 0.3) is 0 Å². The van der Waals surface area contributed by atoms with Crippen molar-refractivity contribution in [2.75, 3.05) is 17.1 Å². The number of hydrogen-bond donors (Lipinski definition) is 1. The number of carbonyl (C=O) groups is 2. The summed E-state index contributed by atoms with van der Waals surface area (Å²) < 4.78 is 26.2. The molecule has 2 amide bonds. The molecule has 0 aromatic heterocycles. The highest BCUT2D eigenvalue weighted by Gasteiger charge is 2.31. The molecule has 2 aromatic carbocycles. The first-order valence-electron chi connectivity index (χ1n) is 11.6. The number of sulfonamides is 1. The highest BCUT2D eigenvalue weighted by Crippen LogP contribution is 2.23. The number of carbonyl (C=O) groups excluding carboxylic acids is 2. The van der Waals surface area contributed by atoms with Crippen molar-refractivity contribution in [1.29, 1.82) is 0 Å². The van der Waals surface area contributed by atoms with Crippen LogP contribution >= 0.6 is 23.2 Å². The molecular formula is C25H31Cl2N3O4S. The zero-order valence-electron chi connectivity index (χ0n) is 19.9. The van der Waals surface area contributed by atoms with Crippen LogP contribution in [0.1, 0.15) is 44.6 Å². The van der Waals surface area contributed by atoms with E-state index in [4.69, 9.17) is 23.2 Å². The molecule has 1 aliphatic carbocycles. The number of benzene rings is 2. The molecule has 1 saturated carbocycles. The van der Waals surface area contributed by atoms with Gasteiger partial charge in [-0.25, -0.2) is 8.42 Å². The Morgan fingerprint density at radius 1 is 1.03 bits per heavy atom. The maximum Gasteiger partial charge on any atom is 0.244 e. The maximum absolute atomic E-state index is 13.6. The van der Waals surface area contributed by atoms with Crippen molar-refractivity contribution in [1.82, 2.24) is 10.2 Å². The zero-order valence-corrected chi connectivity index (χ0v) is 22.2. The quantitative estimate of drug-likeness (QED) is 0.503. The van der Waals surface area contributed by atoms with E-state index in [9.17, 15) is 18.0 Å². The predicted octanol–water partition coefficient (Wildman–Crippen LogP) is 4.63. The van der Waals surface area contributed by atoms with E-state index in [2.05, 4.69) is 5.32 Å². The molecular weight excluding hydrogens is 509 g/mol. The molecule has 0 radical (unpaired) electrons. The number of nitrogens with one attached hydrogen (secondary N) is 1. The highest BCUT2D eigenvalue weighted by atomic mass is 35.5. The van der Waals surface area contributed by atoms with Crippen LogP contribution < -0.4 is 9.62 Å². The van der Waals surface area contributed by atoms with Crippen LogP contribution in [0.3, 0.4) is 0 Å². The lowest BCUT2D eigenvalue weighted by Crippen LogP contribution is -2.53. The van der Waals surface area contributed by atoms with Gasteiger partial charge in [0.1, 0.15) is 12.6 Å². The molecule has 0 unspecified atom stereocenters. The van der Waals surface area contributed by atoms with E-state index in [0.717, 1.165) is 42.7 Å². The van der Waals surface area contributed by atoms with Gasteiger partial charge in [0, 0.05) is 22.6 Å². The molecule has 1 N–H and O–H groups in total. The lowest BCUT2D eigenvalue weighted by atomic mass is 9.95. The number of amides is 2. The smallest absolute Gasteiger partial charge is 0.244 e. The van der Waals surface area contributed by atoms with Gasteiger partial charge in [-0.3, -0.25) is 13.9 Å². The average molecular weight is 541 g/mol. The summed E-state index contributed by atoms with van der Waals surface area (Å²) in [7, 11) is -3.79. The minimum atomic E-state index is -3.79. The van der Waals surface area contributed by atoms with Crippen LogP contribution in [0.15, 0.2) is 48.5 Å². The van der Waals surface area contributed by atoms with Crippen LogP contribution in [0.2, 0.25) is 10.0 Å². The van der Waals surface area contributed by atoms with Crippen LogP contribution in [0.5, 0.6) is 0 Å². The number of anilines is 1. The largest absolute Gasteiger partial charge is 0.352 e. The molecule has 0 aliphatic heterocycles. The number of rotatable bonds is 9. The molecule has 3 rings (SSSR count). The number of hydrogen-bond acceptors (Lipinski definition) is 4. The van der Waals surface area contributed by atoms with Crippen LogP contribution in [0, 0.1) is 0 Å². The van der Waals surface area contributed by atoms with Crippen LogP contribution in [-0.2, 0) is 26.2 Å². The summed E-state index contributed by atoms with van der Waals surface area (Å²) in [6.45, 7) is 1.25. The SMILES string of the molecule is C[C@H](C(=O)NC1CCCCC1)N(Cc1ccccc1Cl)C(=O)CN(c1ccc(Cl)cc1)S(C)(=O)=O. The summed E-state index contributed by atoms with van der Waals surface area (Å²) in [4.78, 5) is 28.1. The minimum absolute atomic E-state index is 0.0655. The van der Waals surface area contributed by atoms with Crippen molar-refractivity contribution in [2.45, 2.75) is 57.7 Å². The molecule has 2 aromatic rings. The Labute approximate surface area is 217 Å². The Hall–Kier alpha value is -2.29. The number of halogens is 2. The summed E-state index contributed by atoms with van der Waals surface area (Å²) in [5, 5.41) is 3.97. The molecule has 0 spiro atoms. The molecule has 1 aliphatic rings. The fourth-order valence-corrected chi connectivity index (χ4v) is 5.35. The van der Waals surface area contributed by atoms with Crippen molar-refractivity contribution < 1.29 is 18.0 Å². The van der Waals surface area contributed by atoms with Crippen molar-refractivity contribution in [2.24, 2.45) is 0 Å². The van der Waals surface area contributed by atoms with Crippen molar-refractivity contribution >= 4 is 50.7 Å². The summed E-state index contributed by atoms with van der Waals surface area (Å²) in [6, 6.07) is 12.5. The molecule has 0 saturated heterocycles. The van der Waals surface area contributed by atoms with Gasteiger partial charge in [-0.15, -0.1) is 0 Å². The van der Waals surface area contributed by atoms with E-state index in [1.807, 2.05) is 0 Å². The first kappa shape index (κ1) is 27.3. The van der Waals surface area contributed by atoms with E-state index in [1.165, 1.54) is 17.0 Å². The fraction of sp³-hybridized carbons (Fsp3) is 0.440. The monoisotopic (exact) mass is 539 g/mol. The van der Waals surface area contributed by atoms with E-state index >= 15 is 0 Å². The minimum Gasteiger partial charge on any atom is -0.352 e. The van der Waals surface area contributed by atoms with Gasteiger partial charge < -0.3 is 10.2 Å². The molecule has 1 fully saturated rings. The summed E-state index contributed by atoms with van der Waals surface area (Å²) in [5.74, 6) is -0.786. The Morgan fingerprint density at radius 2 is 1.66 bits per heavy atom. The van der Waals surface area contributed by atoms with Crippen molar-refractivity contribution in [3.8, 4) is 0 Å². The first-order chi connectivity index (χ1) is 16.6. The highest BCUT2D eigenvalue weighted by molar-refractivity contribution is 7.92. The molecule has 35 heavy (non-hydrogen) atoms. The van der Waals surface area contributed by atoms with Gasteiger partial charge >= 0.3 is 0 Å². The molecule has 0 bridgehead atoms. The van der Waals surface area contributed by atoms with Gasteiger partial charge in [-0.05, 0) is 55.7 Å². The average Bonchev–Trinajstić information content (AvgIpc) is 2.82. The van der Waals surface area contributed by atoms with Gasteiger partial charge in [0.05, 0.1) is 11.9 Å². The molecule has 190 valence electrons. The summed E-state index contributed by atoms with van der Waals surface area (Å²) >= 11 is 12.3. The Kier molecular flexibility index (Phi) is 9.44. The first-order valence-corrected chi connectivity index (χ1v) is 14.2. The van der Waals surface area contributed by atoms with Gasteiger partial charge in [0.15, 0.2) is 0 Å². The molecule has 0 heterocycles. The Balaban J connectivity index is 1.87. The van der Waals surface area contributed by atoms with Crippen LogP contribution in [-0.4, -0.2) is 50.0 Å². The number of nitrogens with zero attached hydrogens (tertiary/aromatic N) is 2. The standard InChI is InChI=1S/C25H31Cl2N3O4S/c1-18(25(32)28-21-9-4-3-5-10-21)29(16-19-8-6-7-11-23(19)27)24(31)17-30(35(2,33)34)22-14-12-20(26)13-15-22/h6-8,11-15,18,21H,3-5,9-10,16-17H2,1-2H3,(H,28,32)/t18-/m1/s1. The van der Waals surface area contributed by atoms with Crippen molar-refractivity contribution in [3.05, 3.63) is 64.1 Å². The maximum atomic E-state index is 13.6. The second kappa shape index (κ2) is 12.1. The predicted molar refractivity (Wildman–Crippen MR) is 140 cm³/mol. The van der Waals surface area contributed by atoms with E-state index in [0.29, 0.717) is 21.3 Å². The van der Waals surface area contributed by atoms with E-state index in [-0.39, 0.29) is 18.5 Å². The van der Waals surface area contributed by atoms with Gasteiger partial charge in [0.2, 0.25) is 21.8 Å². The van der Waals surface area contributed by atoms with Crippen molar-refractivity contribution in [3.63, 3.8) is 0 Å². The lowest BCUT2D eigenvalue weighted by Gasteiger charge is -2.33. The van der Waals surface area contributed by atoms with Crippen LogP contribution in [0.4, 0.5) is 5.69 Å². The summed E-state index contributed by atoms with van der Waals surface area (Å²) in [6.07, 6.45) is 6.14. The Morgan fingerprint density at radius 3 is 2.26 bits per heavy atom. The normalized spacial score (nSPS) is 15.3. The van der Waals surface area contributed by atoms with Crippen LogP contribution in [0.25, 0.3) is 0 Å². The second-order valence-corrected chi connectivity index (χ2v) is 11.6. The second-order valence-electron chi connectivity index (χ2n) is 8.88. The molecule has 7 nitrogen and oxygen atoms in total. The van der Waals surface area contributed by atoms with E-state index in [1.54, 1.807) is 43.3 Å². The zero-order chi connectivity index (χ0) is 25.6. The fourth-order valence-electron chi connectivity index (χ4n) is 4.18. The topological polar surface area (TPSA) is 86.8 Å². The third-order valence-corrected chi connectivity index (χ3v) is 7.97. The third kappa shape index (κ3) is 7.59. The third-order valence-electron chi connectivity index (χ3n) is 6.21. The Bertz CT molecular complexity index is 1140. The van der Waals surface area contributed by atoms with E-state index < -0.39 is 28.5 Å². The van der Waals surface area contributed by atoms with Gasteiger partial charge in [-0.2, -0.15) is 0 Å². The molecule has 10 heteroatoms. The molecule has 1 atom stereocenters. The lowest BCUT2D eigenvalue weighted by molar-refractivity contribution is -0.139. The summed E-state index contributed by atoms with van der Waals surface area (Å²) in [5.41, 5.74) is 0.972.